The molecule has 3 heterocycles. The van der Waals surface area contributed by atoms with Crippen LogP contribution in [0.1, 0.15) is 43.4 Å². The van der Waals surface area contributed by atoms with Gasteiger partial charge in [0.2, 0.25) is 5.91 Å². The summed E-state index contributed by atoms with van der Waals surface area (Å²) in [7, 11) is 1.89. The molecule has 186 valence electrons. The number of carbonyl (C=O) groups excluding carboxylic acids is 1. The first-order valence-electron chi connectivity index (χ1n) is 12.1. The molecule has 0 aliphatic carbocycles. The highest BCUT2D eigenvalue weighted by Gasteiger charge is 2.23. The number of nitrogens with one attached hydrogen (secondary N) is 1. The van der Waals surface area contributed by atoms with Crippen molar-refractivity contribution in [3.63, 3.8) is 0 Å². The molecule has 2 aromatic carbocycles. The number of imidazole rings is 2. The molecule has 1 amide bonds. The zero-order valence-electron chi connectivity index (χ0n) is 20.6. The lowest BCUT2D eigenvalue weighted by molar-refractivity contribution is -0.120. The molecular weight excluding hydrogens is 490 g/mol. The minimum Gasteiger partial charge on any atom is -0.339 e. The maximum atomic E-state index is 13.9. The van der Waals surface area contributed by atoms with E-state index in [4.69, 9.17) is 0 Å². The first kappa shape index (κ1) is 24.4. The summed E-state index contributed by atoms with van der Waals surface area (Å²) in [4.78, 5) is 31.0. The van der Waals surface area contributed by atoms with Gasteiger partial charge in [-0.1, -0.05) is 37.6 Å². The number of aryl methyl sites for hydroxylation is 2. The Morgan fingerprint density at radius 3 is 2.72 bits per heavy atom. The second kappa shape index (κ2) is 10.4. The predicted molar refractivity (Wildman–Crippen MR) is 148 cm³/mol. The Hall–Kier alpha value is -3.30. The topological polar surface area (TPSA) is 73.8 Å². The second-order valence-electron chi connectivity index (χ2n) is 9.09. The molecule has 3 aromatic heterocycles. The number of aromatic nitrogens is 4. The van der Waals surface area contributed by atoms with Crippen molar-refractivity contribution in [1.82, 2.24) is 23.4 Å². The summed E-state index contributed by atoms with van der Waals surface area (Å²) in [6, 6.07) is 14.0. The van der Waals surface area contributed by atoms with Gasteiger partial charge in [0, 0.05) is 47.7 Å². The first-order valence-corrected chi connectivity index (χ1v) is 13.7. The van der Waals surface area contributed by atoms with Crippen LogP contribution in [0.2, 0.25) is 0 Å². The number of benzene rings is 2. The van der Waals surface area contributed by atoms with E-state index in [0.717, 1.165) is 34.5 Å². The number of para-hydroxylation sites is 2. The molecule has 7 nitrogen and oxygen atoms in total. The molecule has 0 radical (unpaired) electrons. The van der Waals surface area contributed by atoms with E-state index in [1.54, 1.807) is 17.7 Å². The van der Waals surface area contributed by atoms with E-state index in [-0.39, 0.29) is 24.1 Å². The summed E-state index contributed by atoms with van der Waals surface area (Å²) in [5.41, 5.74) is 4.04. The molecule has 0 spiro atoms. The molecule has 1 atom stereocenters. The van der Waals surface area contributed by atoms with Gasteiger partial charge < -0.3 is 4.57 Å². The van der Waals surface area contributed by atoms with Gasteiger partial charge in [-0.05, 0) is 48.1 Å². The SMILES string of the molecule is CCCC(CC(=O)NSc1cn(C)cn1)n1c(=O)n(Cc2csc3cccc(C)c23)c2ccccc21. The summed E-state index contributed by atoms with van der Waals surface area (Å²) < 4.78 is 9.63. The van der Waals surface area contributed by atoms with E-state index < -0.39 is 0 Å². The zero-order chi connectivity index (χ0) is 25.2. The van der Waals surface area contributed by atoms with Gasteiger partial charge >= 0.3 is 5.69 Å². The minimum atomic E-state index is -0.237. The van der Waals surface area contributed by atoms with Crippen molar-refractivity contribution < 1.29 is 4.79 Å². The first-order chi connectivity index (χ1) is 17.5. The normalized spacial score (nSPS) is 12.4. The molecule has 5 rings (SSSR count). The number of amides is 1. The number of hydrogen-bond acceptors (Lipinski definition) is 5. The van der Waals surface area contributed by atoms with Crippen LogP contribution >= 0.6 is 23.3 Å². The molecule has 0 fully saturated rings. The van der Waals surface area contributed by atoms with Crippen molar-refractivity contribution in [2.75, 3.05) is 0 Å². The predicted octanol–water partition coefficient (Wildman–Crippen LogP) is 5.66. The number of carbonyl (C=O) groups is 1. The smallest absolute Gasteiger partial charge is 0.329 e. The molecule has 0 aliphatic heterocycles. The summed E-state index contributed by atoms with van der Waals surface area (Å²) in [6.07, 6.45) is 5.37. The average molecular weight is 520 g/mol. The van der Waals surface area contributed by atoms with Gasteiger partial charge in [0.1, 0.15) is 5.03 Å². The molecule has 5 aromatic rings. The van der Waals surface area contributed by atoms with Crippen LogP contribution in [0.4, 0.5) is 0 Å². The third-order valence-corrected chi connectivity index (χ3v) is 8.19. The van der Waals surface area contributed by atoms with Crippen molar-refractivity contribution in [2.45, 2.75) is 50.7 Å². The highest BCUT2D eigenvalue weighted by Crippen LogP contribution is 2.30. The summed E-state index contributed by atoms with van der Waals surface area (Å²) in [6.45, 7) is 4.69. The number of fused-ring (bicyclic) bond motifs is 2. The summed E-state index contributed by atoms with van der Waals surface area (Å²) >= 11 is 2.91. The fourth-order valence-corrected chi connectivity index (χ4v) is 6.48. The second-order valence-corrected chi connectivity index (χ2v) is 10.8. The molecule has 0 saturated carbocycles. The number of hydrogen-bond donors (Lipinski definition) is 1. The number of thiophene rings is 1. The van der Waals surface area contributed by atoms with Crippen molar-refractivity contribution in [1.29, 1.82) is 0 Å². The minimum absolute atomic E-state index is 0.0761. The molecule has 0 aliphatic rings. The van der Waals surface area contributed by atoms with Crippen molar-refractivity contribution >= 4 is 50.3 Å². The van der Waals surface area contributed by atoms with E-state index in [0.29, 0.717) is 6.54 Å². The van der Waals surface area contributed by atoms with Crippen LogP contribution in [0.3, 0.4) is 0 Å². The zero-order valence-corrected chi connectivity index (χ0v) is 22.2. The van der Waals surface area contributed by atoms with Crippen LogP contribution in [-0.2, 0) is 18.4 Å². The van der Waals surface area contributed by atoms with Crippen LogP contribution in [0.15, 0.2) is 70.2 Å². The monoisotopic (exact) mass is 519 g/mol. The molecule has 36 heavy (non-hydrogen) atoms. The van der Waals surface area contributed by atoms with E-state index in [1.165, 1.54) is 27.6 Å². The maximum absolute atomic E-state index is 13.9. The third kappa shape index (κ3) is 4.73. The molecule has 0 bridgehead atoms. The van der Waals surface area contributed by atoms with Crippen LogP contribution in [0.25, 0.3) is 21.1 Å². The Bertz CT molecular complexity index is 1590. The highest BCUT2D eigenvalue weighted by molar-refractivity contribution is 7.97. The van der Waals surface area contributed by atoms with E-state index in [2.05, 4.69) is 47.1 Å². The molecular formula is C27H29N5O2S2. The Morgan fingerprint density at radius 1 is 1.17 bits per heavy atom. The van der Waals surface area contributed by atoms with Crippen molar-refractivity contribution in [3.05, 3.63) is 82.0 Å². The summed E-state index contributed by atoms with van der Waals surface area (Å²) in [5.74, 6) is -0.118. The van der Waals surface area contributed by atoms with Crippen LogP contribution in [0.5, 0.6) is 0 Å². The van der Waals surface area contributed by atoms with E-state index >= 15 is 0 Å². The van der Waals surface area contributed by atoms with Gasteiger partial charge in [-0.2, -0.15) is 0 Å². The van der Waals surface area contributed by atoms with E-state index in [1.807, 2.05) is 51.2 Å². The molecule has 9 heteroatoms. The fourth-order valence-electron chi connectivity index (χ4n) is 4.83. The Kier molecular flexibility index (Phi) is 7.02. The quantitative estimate of drug-likeness (QED) is 0.255. The van der Waals surface area contributed by atoms with Gasteiger partial charge in [0.25, 0.3) is 0 Å². The van der Waals surface area contributed by atoms with Crippen LogP contribution < -0.4 is 10.4 Å². The van der Waals surface area contributed by atoms with Crippen molar-refractivity contribution in [3.8, 4) is 0 Å². The third-order valence-electron chi connectivity index (χ3n) is 6.44. The van der Waals surface area contributed by atoms with Gasteiger partial charge in [0.05, 0.1) is 23.9 Å². The maximum Gasteiger partial charge on any atom is 0.329 e. The summed E-state index contributed by atoms with van der Waals surface area (Å²) in [5, 5.41) is 4.11. The fraction of sp³-hybridized carbons (Fsp3) is 0.296. The van der Waals surface area contributed by atoms with Gasteiger partial charge in [-0.3, -0.25) is 18.7 Å². The number of nitrogens with zero attached hydrogens (tertiary/aromatic N) is 4. The highest BCUT2D eigenvalue weighted by atomic mass is 32.2. The lowest BCUT2D eigenvalue weighted by atomic mass is 10.1. The Labute approximate surface area is 217 Å². The lowest BCUT2D eigenvalue weighted by Gasteiger charge is -2.17. The Morgan fingerprint density at radius 2 is 1.97 bits per heavy atom. The van der Waals surface area contributed by atoms with Crippen LogP contribution in [-0.4, -0.2) is 24.6 Å². The van der Waals surface area contributed by atoms with E-state index in [9.17, 15) is 9.59 Å². The molecule has 0 saturated heterocycles. The molecule has 1 unspecified atom stereocenters. The van der Waals surface area contributed by atoms with Gasteiger partial charge in [0.15, 0.2) is 0 Å². The van der Waals surface area contributed by atoms with Crippen molar-refractivity contribution in [2.24, 2.45) is 7.05 Å². The molecule has 1 N–H and O–H groups in total. The number of rotatable bonds is 9. The van der Waals surface area contributed by atoms with Gasteiger partial charge in [-0.25, -0.2) is 9.78 Å². The standard InChI is InChI=1S/C27H29N5O2S2/c1-4-8-20(13-24(33)29-36-25-15-30(3)17-28-25)32-22-11-6-5-10-21(22)31(27(32)34)14-19-16-35-23-12-7-9-18(2)26(19)23/h5-7,9-12,15-17,20H,4,8,13-14H2,1-3H3,(H,29,33). The lowest BCUT2D eigenvalue weighted by Crippen LogP contribution is -2.30. The Balaban J connectivity index is 1.48. The average Bonchev–Trinajstić information content (AvgIpc) is 3.55. The van der Waals surface area contributed by atoms with Crippen LogP contribution in [0, 0.1) is 6.92 Å². The van der Waals surface area contributed by atoms with Gasteiger partial charge in [-0.15, -0.1) is 11.3 Å². The largest absolute Gasteiger partial charge is 0.339 e.